The van der Waals surface area contributed by atoms with E-state index in [9.17, 15) is 9.13 Å². The Bertz CT molecular complexity index is 107. The second kappa shape index (κ2) is 3.78. The van der Waals surface area contributed by atoms with Gasteiger partial charge in [0.25, 0.3) is 0 Å². The smallest absolute Gasteiger partial charge is 0.267 e. The van der Waals surface area contributed by atoms with Gasteiger partial charge >= 0.3 is 7.91 Å². The fourth-order valence-corrected chi connectivity index (χ4v) is 0.341. The van der Waals surface area contributed by atoms with Crippen LogP contribution in [0.1, 0.15) is 0 Å². The molecule has 3 nitrogen and oxygen atoms in total. The summed E-state index contributed by atoms with van der Waals surface area (Å²) in [5, 5.41) is 0. The lowest BCUT2D eigenvalue weighted by atomic mass is 10.7. The first-order chi connectivity index (χ1) is 3.27. The van der Waals surface area contributed by atoms with Crippen molar-refractivity contribution in [3.05, 3.63) is 12.7 Å². The second-order valence-corrected chi connectivity index (χ2v) is 1.51. The highest BCUT2D eigenvalue weighted by Crippen LogP contribution is 2.02. The molecular formula is C3H5O3P. The molecule has 4 heteroatoms. The lowest BCUT2D eigenvalue weighted by molar-refractivity contribution is 0.338. The van der Waals surface area contributed by atoms with E-state index in [-0.39, 0.29) is 6.61 Å². The predicted octanol–water partition coefficient (Wildman–Crippen LogP) is 1.28. The summed E-state index contributed by atoms with van der Waals surface area (Å²) >= 11 is 0. The minimum Gasteiger partial charge on any atom is -0.267 e. The number of rotatable bonds is 3. The maximum Gasteiger partial charge on any atom is 0.468 e. The van der Waals surface area contributed by atoms with Gasteiger partial charge in [-0.1, -0.05) is 6.08 Å². The summed E-state index contributed by atoms with van der Waals surface area (Å²) < 4.78 is 23.1. The van der Waals surface area contributed by atoms with E-state index in [1.165, 1.54) is 6.08 Å². The van der Waals surface area contributed by atoms with E-state index in [1.54, 1.807) is 0 Å². The minimum atomic E-state index is -2.68. The molecule has 0 aliphatic heterocycles. The molecule has 0 rings (SSSR count). The Labute approximate surface area is 41.9 Å². The van der Waals surface area contributed by atoms with E-state index >= 15 is 0 Å². The standard InChI is InChI=1S/C3H5O3P/c1-2-3-6-7(4)5/h2H,1,3H2. The highest BCUT2D eigenvalue weighted by Gasteiger charge is 1.81. The van der Waals surface area contributed by atoms with Crippen LogP contribution >= 0.6 is 7.91 Å². The zero-order valence-corrected chi connectivity index (χ0v) is 4.56. The fourth-order valence-electron chi connectivity index (χ4n) is 0.114. The molecule has 0 aromatic rings. The molecule has 7 heavy (non-hydrogen) atoms. The molecule has 0 heterocycles. The average molecular weight is 120 g/mol. The third-order valence-corrected chi connectivity index (χ3v) is 0.658. The Morgan fingerprint density at radius 2 is 2.29 bits per heavy atom. The normalized spacial score (nSPS) is 8.00. The molecule has 0 saturated carbocycles. The average Bonchev–Trinajstić information content (AvgIpc) is 1.61. The van der Waals surface area contributed by atoms with Crippen LogP contribution in [0.15, 0.2) is 12.7 Å². The quantitative estimate of drug-likeness (QED) is 0.416. The zero-order chi connectivity index (χ0) is 5.70. The lowest BCUT2D eigenvalue weighted by Crippen LogP contribution is -1.71. The van der Waals surface area contributed by atoms with Gasteiger partial charge < -0.3 is 0 Å². The molecule has 0 aliphatic carbocycles. The van der Waals surface area contributed by atoms with Crippen LogP contribution in [0.2, 0.25) is 0 Å². The molecule has 0 aromatic heterocycles. The van der Waals surface area contributed by atoms with Crippen LogP contribution in [0, 0.1) is 0 Å². The highest BCUT2D eigenvalue weighted by molar-refractivity contribution is 7.24. The molecule has 0 bridgehead atoms. The first-order valence-electron chi connectivity index (χ1n) is 1.65. The van der Waals surface area contributed by atoms with Gasteiger partial charge in [-0.2, -0.15) is 0 Å². The van der Waals surface area contributed by atoms with Crippen LogP contribution in [0.25, 0.3) is 0 Å². The van der Waals surface area contributed by atoms with E-state index in [1.807, 2.05) is 0 Å². The van der Waals surface area contributed by atoms with Gasteiger partial charge in [0, 0.05) is 0 Å². The first-order valence-corrected chi connectivity index (χ1v) is 2.75. The molecule has 0 atom stereocenters. The Morgan fingerprint density at radius 3 is 2.43 bits per heavy atom. The van der Waals surface area contributed by atoms with Gasteiger partial charge in [-0.25, -0.2) is 9.13 Å². The molecule has 0 aromatic carbocycles. The van der Waals surface area contributed by atoms with E-state index in [4.69, 9.17) is 0 Å². The van der Waals surface area contributed by atoms with Crippen molar-refractivity contribution in [2.75, 3.05) is 6.61 Å². The van der Waals surface area contributed by atoms with Crippen LogP contribution in [0.4, 0.5) is 0 Å². The van der Waals surface area contributed by atoms with Crippen molar-refractivity contribution >= 4 is 7.91 Å². The van der Waals surface area contributed by atoms with Gasteiger partial charge in [-0.15, -0.1) is 6.58 Å². The van der Waals surface area contributed by atoms with Crippen LogP contribution in [0.5, 0.6) is 0 Å². The van der Waals surface area contributed by atoms with Crippen molar-refractivity contribution in [1.29, 1.82) is 0 Å². The van der Waals surface area contributed by atoms with E-state index in [2.05, 4.69) is 11.1 Å². The molecule has 0 unspecified atom stereocenters. The minimum absolute atomic E-state index is 0.0682. The van der Waals surface area contributed by atoms with Gasteiger partial charge in [-0.3, -0.25) is 4.52 Å². The lowest BCUT2D eigenvalue weighted by Gasteiger charge is -1.77. The van der Waals surface area contributed by atoms with Crippen molar-refractivity contribution in [3.8, 4) is 0 Å². The first kappa shape index (κ1) is 6.60. The highest BCUT2D eigenvalue weighted by atomic mass is 31.1. The molecule has 0 amide bonds. The van der Waals surface area contributed by atoms with E-state index < -0.39 is 7.91 Å². The molecule has 40 valence electrons. The zero-order valence-electron chi connectivity index (χ0n) is 3.66. The Kier molecular flexibility index (Phi) is 3.56. The Morgan fingerprint density at radius 1 is 1.71 bits per heavy atom. The summed E-state index contributed by atoms with van der Waals surface area (Å²) in [6.07, 6.45) is 1.37. The summed E-state index contributed by atoms with van der Waals surface area (Å²) in [5.74, 6) is 0. The molecule has 0 N–H and O–H groups in total. The van der Waals surface area contributed by atoms with E-state index in [0.717, 1.165) is 0 Å². The van der Waals surface area contributed by atoms with Gasteiger partial charge in [-0.05, 0) is 0 Å². The van der Waals surface area contributed by atoms with Crippen LogP contribution < -0.4 is 0 Å². The van der Waals surface area contributed by atoms with Gasteiger partial charge in [0.05, 0.1) is 6.61 Å². The third kappa shape index (κ3) is 5.60. The van der Waals surface area contributed by atoms with Crippen molar-refractivity contribution < 1.29 is 13.7 Å². The molecule has 0 aliphatic rings. The SMILES string of the molecule is C=CCOP(=O)=O. The molecule has 0 spiro atoms. The monoisotopic (exact) mass is 120 g/mol. The van der Waals surface area contributed by atoms with Crippen molar-refractivity contribution in [3.63, 3.8) is 0 Å². The maximum atomic E-state index is 9.53. The molecule has 0 fully saturated rings. The topological polar surface area (TPSA) is 43.4 Å². The van der Waals surface area contributed by atoms with Crippen LogP contribution in [-0.2, 0) is 13.7 Å². The summed E-state index contributed by atoms with van der Waals surface area (Å²) in [6.45, 7) is 3.31. The summed E-state index contributed by atoms with van der Waals surface area (Å²) in [6, 6.07) is 0. The van der Waals surface area contributed by atoms with Crippen molar-refractivity contribution in [2.45, 2.75) is 0 Å². The molecule has 0 radical (unpaired) electrons. The maximum absolute atomic E-state index is 9.53. The Hall–Kier alpha value is -0.400. The summed E-state index contributed by atoms with van der Waals surface area (Å²) in [5.41, 5.74) is 0. The second-order valence-electron chi connectivity index (χ2n) is 0.808. The van der Waals surface area contributed by atoms with Crippen LogP contribution in [-0.4, -0.2) is 6.61 Å². The van der Waals surface area contributed by atoms with Crippen molar-refractivity contribution in [1.82, 2.24) is 0 Å². The fraction of sp³-hybridized carbons (Fsp3) is 0.333. The van der Waals surface area contributed by atoms with Crippen molar-refractivity contribution in [2.24, 2.45) is 0 Å². The summed E-state index contributed by atoms with van der Waals surface area (Å²) in [4.78, 5) is 0. The van der Waals surface area contributed by atoms with Gasteiger partial charge in [0.15, 0.2) is 0 Å². The predicted molar refractivity (Wildman–Crippen MR) is 24.4 cm³/mol. The number of hydrogen-bond donors (Lipinski definition) is 0. The molecular weight excluding hydrogens is 115 g/mol. The van der Waals surface area contributed by atoms with Gasteiger partial charge in [0.1, 0.15) is 0 Å². The number of hydrogen-bond acceptors (Lipinski definition) is 3. The Balaban J connectivity index is 3.14. The third-order valence-electron chi connectivity index (χ3n) is 0.298. The van der Waals surface area contributed by atoms with E-state index in [0.29, 0.717) is 0 Å². The summed E-state index contributed by atoms with van der Waals surface area (Å²) in [7, 11) is -2.68. The molecule has 0 saturated heterocycles. The van der Waals surface area contributed by atoms with Gasteiger partial charge in [0.2, 0.25) is 0 Å². The largest absolute Gasteiger partial charge is 0.468 e. The van der Waals surface area contributed by atoms with Crippen LogP contribution in [0.3, 0.4) is 0 Å².